The Hall–Kier alpha value is -1.41. The van der Waals surface area contributed by atoms with E-state index in [1.165, 1.54) is 0 Å². The van der Waals surface area contributed by atoms with Gasteiger partial charge in [0.15, 0.2) is 0 Å². The fourth-order valence-corrected chi connectivity index (χ4v) is 3.05. The van der Waals surface area contributed by atoms with Crippen molar-refractivity contribution in [3.05, 3.63) is 24.0 Å². The van der Waals surface area contributed by atoms with Gasteiger partial charge >= 0.3 is 0 Å². The maximum absolute atomic E-state index is 11.2. The topological polar surface area (TPSA) is 65.8 Å². The van der Waals surface area contributed by atoms with Gasteiger partial charge in [-0.25, -0.2) is 4.98 Å². The molecule has 0 amide bonds. The molecule has 5 heteroatoms. The summed E-state index contributed by atoms with van der Waals surface area (Å²) >= 11 is 0. The molecular weight excluding hydrogens is 222 g/mol. The Kier molecular flexibility index (Phi) is 3.52. The molecule has 1 N–H and O–H groups in total. The van der Waals surface area contributed by atoms with E-state index < -0.39 is 10.8 Å². The van der Waals surface area contributed by atoms with Gasteiger partial charge in [0, 0.05) is 40.2 Å². The average Bonchev–Trinajstić information content (AvgIpc) is 2.32. The van der Waals surface area contributed by atoms with E-state index in [1.54, 1.807) is 12.3 Å². The van der Waals surface area contributed by atoms with E-state index in [0.29, 0.717) is 11.7 Å². The van der Waals surface area contributed by atoms with E-state index >= 15 is 0 Å². The lowest BCUT2D eigenvalue weighted by atomic mass is 10.1. The summed E-state index contributed by atoms with van der Waals surface area (Å²) in [5.41, 5.74) is 1.34. The third kappa shape index (κ3) is 2.80. The van der Waals surface area contributed by atoms with Crippen LogP contribution >= 0.6 is 0 Å². The van der Waals surface area contributed by atoms with Gasteiger partial charge in [-0.3, -0.25) is 4.21 Å². The minimum atomic E-state index is -0.630. The molecule has 0 aliphatic carbocycles. The molecule has 1 saturated heterocycles. The number of anilines is 1. The first-order valence-electron chi connectivity index (χ1n) is 5.25. The van der Waals surface area contributed by atoms with Crippen LogP contribution in [0.1, 0.15) is 18.5 Å². The van der Waals surface area contributed by atoms with Gasteiger partial charge in [0.1, 0.15) is 11.8 Å². The highest BCUT2D eigenvalue weighted by Gasteiger charge is 2.17. The Morgan fingerprint density at radius 2 is 2.25 bits per heavy atom. The summed E-state index contributed by atoms with van der Waals surface area (Å²) in [5.74, 6) is 1.54. The van der Waals surface area contributed by atoms with Gasteiger partial charge in [-0.15, -0.1) is 0 Å². The van der Waals surface area contributed by atoms with Crippen LogP contribution in [0.25, 0.3) is 0 Å². The highest BCUT2D eigenvalue weighted by molar-refractivity contribution is 7.85. The van der Waals surface area contributed by atoms with E-state index in [4.69, 9.17) is 5.26 Å². The molecule has 0 radical (unpaired) electrons. The van der Waals surface area contributed by atoms with E-state index in [9.17, 15) is 4.21 Å². The second kappa shape index (κ2) is 5.08. The molecule has 0 spiro atoms. The zero-order valence-electron chi connectivity index (χ0n) is 8.85. The van der Waals surface area contributed by atoms with Crippen LogP contribution in [0.3, 0.4) is 0 Å². The van der Waals surface area contributed by atoms with Gasteiger partial charge < -0.3 is 5.32 Å². The van der Waals surface area contributed by atoms with Crippen LogP contribution in [0, 0.1) is 11.3 Å². The second-order valence-corrected chi connectivity index (χ2v) is 5.50. The van der Waals surface area contributed by atoms with Gasteiger partial charge in [0.05, 0.1) is 0 Å². The molecule has 4 nitrogen and oxygen atoms in total. The summed E-state index contributed by atoms with van der Waals surface area (Å²) in [6.45, 7) is 0. The van der Waals surface area contributed by atoms with Crippen LogP contribution in [0.15, 0.2) is 18.3 Å². The van der Waals surface area contributed by atoms with Gasteiger partial charge in [-0.05, 0) is 25.0 Å². The molecule has 1 aromatic rings. The van der Waals surface area contributed by atoms with E-state index in [2.05, 4.69) is 10.3 Å². The van der Waals surface area contributed by atoms with Crippen LogP contribution in [-0.2, 0) is 10.8 Å². The maximum atomic E-state index is 11.2. The molecule has 0 unspecified atom stereocenters. The lowest BCUT2D eigenvalue weighted by Gasteiger charge is -2.23. The highest BCUT2D eigenvalue weighted by atomic mass is 32.2. The Balaban J connectivity index is 1.98. The molecule has 0 atom stereocenters. The van der Waals surface area contributed by atoms with Crippen molar-refractivity contribution in [1.29, 1.82) is 5.26 Å². The molecule has 0 aromatic carbocycles. The molecule has 0 saturated carbocycles. The standard InChI is InChI=1S/C11H13N3OS/c12-8-11-7-10(1-4-13-11)14-9-2-5-16(15)6-3-9/h1,4,7,9H,2-3,5-6H2,(H,13,14). The van der Waals surface area contributed by atoms with E-state index in [-0.39, 0.29) is 0 Å². The minimum absolute atomic E-state index is 0.367. The number of nitriles is 1. The predicted molar refractivity (Wildman–Crippen MR) is 63.5 cm³/mol. The van der Waals surface area contributed by atoms with Gasteiger partial charge in [-0.1, -0.05) is 0 Å². The number of rotatable bonds is 2. The van der Waals surface area contributed by atoms with Gasteiger partial charge in [0.25, 0.3) is 0 Å². The third-order valence-corrected chi connectivity index (χ3v) is 4.02. The van der Waals surface area contributed by atoms with E-state index in [1.807, 2.05) is 12.1 Å². The summed E-state index contributed by atoms with van der Waals surface area (Å²) in [7, 11) is -0.630. The SMILES string of the molecule is N#Cc1cc(NC2CCS(=O)CC2)ccn1. The van der Waals surface area contributed by atoms with Crippen molar-refractivity contribution in [3.8, 4) is 6.07 Å². The number of aromatic nitrogens is 1. The zero-order chi connectivity index (χ0) is 11.4. The third-order valence-electron chi connectivity index (χ3n) is 2.63. The van der Waals surface area contributed by atoms with Crippen molar-refractivity contribution in [2.75, 3.05) is 16.8 Å². The number of nitrogens with zero attached hydrogens (tertiary/aromatic N) is 2. The van der Waals surface area contributed by atoms with Crippen LogP contribution < -0.4 is 5.32 Å². The molecule has 84 valence electrons. The molecule has 16 heavy (non-hydrogen) atoms. The summed E-state index contributed by atoms with van der Waals surface area (Å²) in [6, 6.07) is 5.97. The van der Waals surface area contributed by atoms with Crippen molar-refractivity contribution >= 4 is 16.5 Å². The quantitative estimate of drug-likeness (QED) is 0.838. The van der Waals surface area contributed by atoms with Crippen molar-refractivity contribution in [1.82, 2.24) is 4.98 Å². The van der Waals surface area contributed by atoms with Crippen molar-refractivity contribution in [2.24, 2.45) is 0 Å². The largest absolute Gasteiger partial charge is 0.382 e. The molecule has 2 heterocycles. The average molecular weight is 235 g/mol. The zero-order valence-corrected chi connectivity index (χ0v) is 9.67. The van der Waals surface area contributed by atoms with Crippen molar-refractivity contribution in [2.45, 2.75) is 18.9 Å². The lowest BCUT2D eigenvalue weighted by molar-refractivity contribution is 0.624. The maximum Gasteiger partial charge on any atom is 0.142 e. The van der Waals surface area contributed by atoms with Gasteiger partial charge in [-0.2, -0.15) is 5.26 Å². The Bertz CT molecular complexity index is 431. The normalized spacial score (nSPS) is 24.7. The summed E-state index contributed by atoms with van der Waals surface area (Å²) in [6.07, 6.45) is 3.48. The Morgan fingerprint density at radius 3 is 2.94 bits per heavy atom. The lowest BCUT2D eigenvalue weighted by Crippen LogP contribution is -2.29. The molecule has 1 aliphatic heterocycles. The van der Waals surface area contributed by atoms with Crippen LogP contribution in [0.2, 0.25) is 0 Å². The molecule has 0 bridgehead atoms. The number of hydrogen-bond acceptors (Lipinski definition) is 4. The van der Waals surface area contributed by atoms with Crippen molar-refractivity contribution in [3.63, 3.8) is 0 Å². The minimum Gasteiger partial charge on any atom is -0.382 e. The smallest absolute Gasteiger partial charge is 0.142 e. The number of nitrogens with one attached hydrogen (secondary N) is 1. The predicted octanol–water partition coefficient (Wildman–Crippen LogP) is 1.28. The van der Waals surface area contributed by atoms with Crippen LogP contribution in [0.5, 0.6) is 0 Å². The first-order chi connectivity index (χ1) is 7.78. The fourth-order valence-electron chi connectivity index (χ4n) is 1.76. The monoisotopic (exact) mass is 235 g/mol. The fraction of sp³-hybridized carbons (Fsp3) is 0.455. The molecule has 2 rings (SSSR count). The summed E-state index contributed by atoms with van der Waals surface area (Å²) in [4.78, 5) is 3.91. The van der Waals surface area contributed by atoms with Crippen LogP contribution in [-0.4, -0.2) is 26.7 Å². The highest BCUT2D eigenvalue weighted by Crippen LogP contribution is 2.16. The van der Waals surface area contributed by atoms with Gasteiger partial charge in [0.2, 0.25) is 0 Å². The first-order valence-corrected chi connectivity index (χ1v) is 6.74. The molecule has 1 aromatic heterocycles. The van der Waals surface area contributed by atoms with Crippen molar-refractivity contribution < 1.29 is 4.21 Å². The molecule has 1 fully saturated rings. The number of hydrogen-bond donors (Lipinski definition) is 1. The summed E-state index contributed by atoms with van der Waals surface area (Å²) in [5, 5.41) is 12.1. The molecular formula is C11H13N3OS. The van der Waals surface area contributed by atoms with Crippen LogP contribution in [0.4, 0.5) is 5.69 Å². The second-order valence-electron chi connectivity index (χ2n) is 3.81. The Morgan fingerprint density at radius 1 is 1.50 bits per heavy atom. The summed E-state index contributed by atoms with van der Waals surface area (Å²) < 4.78 is 11.2. The number of pyridine rings is 1. The van der Waals surface area contributed by atoms with E-state index in [0.717, 1.165) is 30.0 Å². The Labute approximate surface area is 97.2 Å². The first kappa shape index (κ1) is 11.1. The molecule has 1 aliphatic rings.